The van der Waals surface area contributed by atoms with Gasteiger partial charge in [-0.1, -0.05) is 6.92 Å². The number of likely N-dealkylation sites (N-methyl/N-ethyl adjacent to an activating group) is 1. The van der Waals surface area contributed by atoms with E-state index in [9.17, 15) is 0 Å². The summed E-state index contributed by atoms with van der Waals surface area (Å²) in [6.45, 7) is 2.95. The molecule has 15 heavy (non-hydrogen) atoms. The van der Waals surface area contributed by atoms with Crippen LogP contribution in [-0.4, -0.2) is 24.2 Å². The fourth-order valence-electron chi connectivity index (χ4n) is 1.79. The summed E-state index contributed by atoms with van der Waals surface area (Å²) in [6, 6.07) is 1.93. The Kier molecular flexibility index (Phi) is 2.98. The molecule has 2 atom stereocenters. The third-order valence-corrected chi connectivity index (χ3v) is 3.56. The van der Waals surface area contributed by atoms with Gasteiger partial charge in [0.05, 0.1) is 11.7 Å². The summed E-state index contributed by atoms with van der Waals surface area (Å²) >= 11 is 3.37. The molecule has 1 aromatic rings. The Hall–Kier alpha value is -0.610. The van der Waals surface area contributed by atoms with Gasteiger partial charge in [-0.15, -0.1) is 0 Å². The van der Waals surface area contributed by atoms with Crippen molar-refractivity contribution in [2.24, 2.45) is 5.92 Å². The second-order valence-electron chi connectivity index (χ2n) is 4.14. The molecule has 0 aromatic carbocycles. The number of hydrogen-bond acceptors (Lipinski definition) is 3. The van der Waals surface area contributed by atoms with Gasteiger partial charge in [0.15, 0.2) is 0 Å². The van der Waals surface area contributed by atoms with Crippen molar-refractivity contribution < 1.29 is 4.74 Å². The van der Waals surface area contributed by atoms with Crippen LogP contribution >= 0.6 is 15.9 Å². The van der Waals surface area contributed by atoms with Crippen molar-refractivity contribution >= 4 is 15.9 Å². The first-order chi connectivity index (χ1) is 7.16. The van der Waals surface area contributed by atoms with Gasteiger partial charge in [-0.3, -0.25) is 4.98 Å². The van der Waals surface area contributed by atoms with Gasteiger partial charge < -0.3 is 10.1 Å². The van der Waals surface area contributed by atoms with E-state index >= 15 is 0 Å². The molecule has 1 heterocycles. The van der Waals surface area contributed by atoms with E-state index < -0.39 is 0 Å². The summed E-state index contributed by atoms with van der Waals surface area (Å²) in [5, 5.41) is 3.33. The maximum Gasteiger partial charge on any atom is 0.138 e. The minimum Gasteiger partial charge on any atom is -0.490 e. The van der Waals surface area contributed by atoms with Crippen LogP contribution in [0.3, 0.4) is 0 Å². The lowest BCUT2D eigenvalue weighted by Gasteiger charge is -2.16. The van der Waals surface area contributed by atoms with Gasteiger partial charge in [-0.25, -0.2) is 0 Å². The van der Waals surface area contributed by atoms with Gasteiger partial charge in [-0.2, -0.15) is 0 Å². The predicted octanol–water partition coefficient (Wildman–Crippen LogP) is 2.22. The molecule has 0 spiro atoms. The van der Waals surface area contributed by atoms with Crippen LogP contribution in [-0.2, 0) is 0 Å². The van der Waals surface area contributed by atoms with Gasteiger partial charge in [0.2, 0.25) is 0 Å². The van der Waals surface area contributed by atoms with E-state index in [2.05, 4.69) is 33.2 Å². The first kappa shape index (κ1) is 10.9. The van der Waals surface area contributed by atoms with Crippen LogP contribution in [0.5, 0.6) is 5.75 Å². The molecule has 1 aliphatic carbocycles. The molecule has 1 aromatic heterocycles. The van der Waals surface area contributed by atoms with E-state index in [1.807, 2.05) is 13.1 Å². The number of hydrogen-bond donors (Lipinski definition) is 1. The minimum atomic E-state index is 0.183. The number of rotatable bonds is 4. The Morgan fingerprint density at radius 2 is 2.40 bits per heavy atom. The molecule has 0 amide bonds. The zero-order valence-electron chi connectivity index (χ0n) is 8.96. The quantitative estimate of drug-likeness (QED) is 0.911. The second-order valence-corrected chi connectivity index (χ2v) is 5.05. The molecule has 1 fully saturated rings. The second kappa shape index (κ2) is 4.10. The third-order valence-electron chi connectivity index (χ3n) is 3.13. The number of nitrogens with one attached hydrogen (secondary N) is 1. The van der Waals surface area contributed by atoms with E-state index in [0.29, 0.717) is 12.5 Å². The highest BCUT2D eigenvalue weighted by Gasteiger charge is 2.50. The molecule has 1 saturated carbocycles. The number of pyridine rings is 1. The number of halogens is 1. The summed E-state index contributed by atoms with van der Waals surface area (Å²) in [5.74, 6) is 1.51. The van der Waals surface area contributed by atoms with E-state index in [1.54, 1.807) is 12.4 Å². The summed E-state index contributed by atoms with van der Waals surface area (Å²) < 4.78 is 6.67. The Morgan fingerprint density at radius 1 is 1.67 bits per heavy atom. The molecule has 0 radical (unpaired) electrons. The molecule has 1 aliphatic rings. The zero-order valence-corrected chi connectivity index (χ0v) is 10.5. The SMILES string of the molecule is CN[C@]1(COc2cncc(Br)c2)C[C@@H]1C. The van der Waals surface area contributed by atoms with Gasteiger partial charge in [-0.05, 0) is 41.4 Å². The first-order valence-corrected chi connectivity index (χ1v) is 5.88. The fourth-order valence-corrected chi connectivity index (χ4v) is 2.14. The van der Waals surface area contributed by atoms with Crippen LogP contribution in [0.25, 0.3) is 0 Å². The Labute approximate surface area is 98.4 Å². The molecule has 1 N–H and O–H groups in total. The van der Waals surface area contributed by atoms with E-state index in [0.717, 1.165) is 10.2 Å². The summed E-state index contributed by atoms with van der Waals surface area (Å²) in [4.78, 5) is 4.06. The molecule has 3 nitrogen and oxygen atoms in total. The average Bonchev–Trinajstić information content (AvgIpc) is 2.88. The van der Waals surface area contributed by atoms with E-state index in [-0.39, 0.29) is 5.54 Å². The lowest BCUT2D eigenvalue weighted by atomic mass is 10.2. The molecular weight excluding hydrogens is 256 g/mol. The predicted molar refractivity (Wildman–Crippen MR) is 63.0 cm³/mol. The van der Waals surface area contributed by atoms with E-state index in [1.165, 1.54) is 6.42 Å². The van der Waals surface area contributed by atoms with Crippen molar-refractivity contribution in [1.82, 2.24) is 10.3 Å². The van der Waals surface area contributed by atoms with Gasteiger partial charge in [0.25, 0.3) is 0 Å². The number of nitrogens with zero attached hydrogens (tertiary/aromatic N) is 1. The molecule has 0 saturated heterocycles. The van der Waals surface area contributed by atoms with Crippen LogP contribution in [0, 0.1) is 5.92 Å². The van der Waals surface area contributed by atoms with Crippen molar-refractivity contribution in [1.29, 1.82) is 0 Å². The first-order valence-electron chi connectivity index (χ1n) is 5.08. The summed E-state index contributed by atoms with van der Waals surface area (Å²) in [5.41, 5.74) is 0.183. The third kappa shape index (κ3) is 2.32. The summed E-state index contributed by atoms with van der Waals surface area (Å²) in [7, 11) is 1.99. The lowest BCUT2D eigenvalue weighted by Crippen LogP contribution is -2.36. The largest absolute Gasteiger partial charge is 0.490 e. The molecule has 4 heteroatoms. The maximum absolute atomic E-state index is 5.72. The smallest absolute Gasteiger partial charge is 0.138 e. The van der Waals surface area contributed by atoms with Crippen molar-refractivity contribution in [2.45, 2.75) is 18.9 Å². The fraction of sp³-hybridized carbons (Fsp3) is 0.545. The number of aromatic nitrogens is 1. The van der Waals surface area contributed by atoms with Crippen molar-refractivity contribution in [3.05, 3.63) is 22.9 Å². The highest BCUT2D eigenvalue weighted by atomic mass is 79.9. The molecule has 82 valence electrons. The van der Waals surface area contributed by atoms with Gasteiger partial charge >= 0.3 is 0 Å². The molecule has 0 aliphatic heterocycles. The van der Waals surface area contributed by atoms with Crippen molar-refractivity contribution in [3.8, 4) is 5.75 Å². The van der Waals surface area contributed by atoms with Gasteiger partial charge in [0, 0.05) is 10.7 Å². The van der Waals surface area contributed by atoms with Crippen LogP contribution < -0.4 is 10.1 Å². The highest BCUT2D eigenvalue weighted by Crippen LogP contribution is 2.42. The Balaban J connectivity index is 1.94. The molecule has 0 bridgehead atoms. The molecular formula is C11H15BrN2O. The topological polar surface area (TPSA) is 34.1 Å². The number of ether oxygens (including phenoxy) is 1. The van der Waals surface area contributed by atoms with Crippen LogP contribution in [0.2, 0.25) is 0 Å². The maximum atomic E-state index is 5.72. The Morgan fingerprint density at radius 3 is 2.93 bits per heavy atom. The lowest BCUT2D eigenvalue weighted by molar-refractivity contribution is 0.249. The monoisotopic (exact) mass is 270 g/mol. The van der Waals surface area contributed by atoms with Crippen molar-refractivity contribution in [3.63, 3.8) is 0 Å². The van der Waals surface area contributed by atoms with Crippen molar-refractivity contribution in [2.75, 3.05) is 13.7 Å². The summed E-state index contributed by atoms with van der Waals surface area (Å²) in [6.07, 6.45) is 4.67. The highest BCUT2D eigenvalue weighted by molar-refractivity contribution is 9.10. The standard InChI is InChI=1S/C11H15BrN2O/c1-8-4-11(8,13-2)7-15-10-3-9(12)5-14-6-10/h3,5-6,8,13H,4,7H2,1-2H3/t8-,11-/m0/s1. The van der Waals surface area contributed by atoms with Gasteiger partial charge in [0.1, 0.15) is 12.4 Å². The minimum absolute atomic E-state index is 0.183. The van der Waals surface area contributed by atoms with Crippen LogP contribution in [0.1, 0.15) is 13.3 Å². The average molecular weight is 271 g/mol. The Bertz CT molecular complexity index is 354. The van der Waals surface area contributed by atoms with Crippen LogP contribution in [0.4, 0.5) is 0 Å². The zero-order chi connectivity index (χ0) is 10.9. The normalized spacial score (nSPS) is 28.9. The van der Waals surface area contributed by atoms with E-state index in [4.69, 9.17) is 4.74 Å². The molecule has 2 rings (SSSR count). The van der Waals surface area contributed by atoms with Crippen LogP contribution in [0.15, 0.2) is 22.9 Å². The molecule has 0 unspecified atom stereocenters.